The van der Waals surface area contributed by atoms with Gasteiger partial charge >= 0.3 is 0 Å². The van der Waals surface area contributed by atoms with Crippen LogP contribution in [0.3, 0.4) is 0 Å². The van der Waals surface area contributed by atoms with Gasteiger partial charge in [0.05, 0.1) is 12.2 Å². The van der Waals surface area contributed by atoms with Gasteiger partial charge in [-0.2, -0.15) is 0 Å². The third-order valence-corrected chi connectivity index (χ3v) is 4.80. The van der Waals surface area contributed by atoms with E-state index in [4.69, 9.17) is 4.99 Å². The molecular weight excluding hydrogens is 355 g/mol. The van der Waals surface area contributed by atoms with Gasteiger partial charge < -0.3 is 20.0 Å². The van der Waals surface area contributed by atoms with Crippen LogP contribution >= 0.6 is 0 Å². The van der Waals surface area contributed by atoms with Gasteiger partial charge in [-0.05, 0) is 25.1 Å². The van der Waals surface area contributed by atoms with Crippen molar-refractivity contribution in [2.45, 2.75) is 13.5 Å². The Labute approximate surface area is 166 Å². The first-order chi connectivity index (χ1) is 13.6. The summed E-state index contributed by atoms with van der Waals surface area (Å²) in [5.41, 5.74) is 1.77. The Kier molecular flexibility index (Phi) is 6.68. The van der Waals surface area contributed by atoms with E-state index in [1.165, 1.54) is 6.07 Å². The Hall–Kier alpha value is -2.83. The highest BCUT2D eigenvalue weighted by Gasteiger charge is 2.21. The maximum absolute atomic E-state index is 14.1. The monoisotopic (exact) mass is 384 g/mol. The van der Waals surface area contributed by atoms with Crippen LogP contribution in [0.4, 0.5) is 15.9 Å². The lowest BCUT2D eigenvalue weighted by Crippen LogP contribution is -2.52. The Morgan fingerprint density at radius 3 is 2.57 bits per heavy atom. The zero-order valence-electron chi connectivity index (χ0n) is 16.9. The number of nitrogens with zero attached hydrogens (tertiary/aromatic N) is 5. The molecule has 1 aliphatic heterocycles. The lowest BCUT2D eigenvalue weighted by molar-refractivity contribution is 0.370. The molecule has 0 radical (unpaired) electrons. The average molecular weight is 385 g/mol. The molecule has 2 aromatic rings. The van der Waals surface area contributed by atoms with Gasteiger partial charge in [-0.25, -0.2) is 14.4 Å². The molecule has 0 spiro atoms. The smallest absolute Gasteiger partial charge is 0.194 e. The van der Waals surface area contributed by atoms with Crippen molar-refractivity contribution in [3.05, 3.63) is 54.0 Å². The Balaban J connectivity index is 1.68. The molecule has 1 fully saturated rings. The number of anilines is 2. The van der Waals surface area contributed by atoms with E-state index in [1.807, 2.05) is 37.2 Å². The molecule has 1 aromatic carbocycles. The highest BCUT2D eigenvalue weighted by Crippen LogP contribution is 2.20. The van der Waals surface area contributed by atoms with Crippen molar-refractivity contribution in [3.8, 4) is 0 Å². The molecule has 0 atom stereocenters. The third-order valence-electron chi connectivity index (χ3n) is 4.80. The molecule has 2 heterocycles. The maximum Gasteiger partial charge on any atom is 0.194 e. The molecule has 1 aromatic heterocycles. The number of benzene rings is 1. The molecule has 6 nitrogen and oxygen atoms in total. The van der Waals surface area contributed by atoms with Crippen molar-refractivity contribution in [2.24, 2.45) is 4.99 Å². The van der Waals surface area contributed by atoms with Gasteiger partial charge in [0.25, 0.3) is 0 Å². The van der Waals surface area contributed by atoms with E-state index in [-0.39, 0.29) is 5.82 Å². The molecule has 0 unspecified atom stereocenters. The number of guanidine groups is 1. The largest absolute Gasteiger partial charge is 0.366 e. The molecule has 1 saturated heterocycles. The van der Waals surface area contributed by atoms with Gasteiger partial charge in [0, 0.05) is 58.6 Å². The second kappa shape index (κ2) is 9.39. The van der Waals surface area contributed by atoms with Gasteiger partial charge in [-0.3, -0.25) is 0 Å². The second-order valence-electron chi connectivity index (χ2n) is 6.98. The highest BCUT2D eigenvalue weighted by atomic mass is 19.1. The van der Waals surface area contributed by atoms with Crippen LogP contribution in [-0.4, -0.2) is 62.7 Å². The summed E-state index contributed by atoms with van der Waals surface area (Å²) >= 11 is 0. The van der Waals surface area contributed by atoms with Crippen LogP contribution in [0.1, 0.15) is 12.5 Å². The van der Waals surface area contributed by atoms with Crippen molar-refractivity contribution in [3.63, 3.8) is 0 Å². The Morgan fingerprint density at radius 2 is 1.89 bits per heavy atom. The summed E-state index contributed by atoms with van der Waals surface area (Å²) in [7, 11) is 3.98. The second-order valence-corrected chi connectivity index (χ2v) is 6.98. The number of para-hydroxylation sites is 1. The summed E-state index contributed by atoms with van der Waals surface area (Å²) in [5.74, 6) is 1.67. The molecule has 3 rings (SSSR count). The van der Waals surface area contributed by atoms with Crippen molar-refractivity contribution >= 4 is 17.5 Å². The lowest BCUT2D eigenvalue weighted by atomic mass is 10.2. The highest BCUT2D eigenvalue weighted by molar-refractivity contribution is 5.80. The first-order valence-corrected chi connectivity index (χ1v) is 9.74. The maximum atomic E-state index is 14.1. The van der Waals surface area contributed by atoms with Crippen LogP contribution in [0.5, 0.6) is 0 Å². The van der Waals surface area contributed by atoms with Crippen molar-refractivity contribution in [1.29, 1.82) is 0 Å². The Bertz CT molecular complexity index is 799. The predicted molar refractivity (Wildman–Crippen MR) is 114 cm³/mol. The molecule has 1 N–H and O–H groups in total. The number of halogens is 1. The minimum Gasteiger partial charge on any atom is -0.366 e. The van der Waals surface area contributed by atoms with E-state index in [9.17, 15) is 4.39 Å². The van der Waals surface area contributed by atoms with E-state index in [0.717, 1.165) is 50.1 Å². The minimum atomic E-state index is -0.163. The quantitative estimate of drug-likeness (QED) is 0.634. The van der Waals surface area contributed by atoms with Crippen LogP contribution < -0.4 is 15.1 Å². The summed E-state index contributed by atoms with van der Waals surface area (Å²) in [4.78, 5) is 15.6. The van der Waals surface area contributed by atoms with Crippen LogP contribution in [-0.2, 0) is 6.54 Å². The number of piperazine rings is 1. The lowest BCUT2D eigenvalue weighted by Gasteiger charge is -2.37. The molecule has 1 aliphatic rings. The first-order valence-electron chi connectivity index (χ1n) is 9.74. The van der Waals surface area contributed by atoms with E-state index in [0.29, 0.717) is 12.2 Å². The standard InChI is InChI=1S/C21H29FN6/c1-4-23-21(25-16-17-8-7-11-24-20(17)26(2)3)28-14-12-27(13-15-28)19-10-6-5-9-18(19)22/h5-11H,4,12-16H2,1-3H3,(H,23,25). The molecular formula is C21H29FN6. The number of rotatable bonds is 5. The van der Waals surface area contributed by atoms with E-state index >= 15 is 0 Å². The third kappa shape index (κ3) is 4.71. The molecule has 0 bridgehead atoms. The fourth-order valence-electron chi connectivity index (χ4n) is 3.41. The molecule has 0 amide bonds. The molecule has 0 aliphatic carbocycles. The van der Waals surface area contributed by atoms with Gasteiger partial charge in [0.15, 0.2) is 5.96 Å². The van der Waals surface area contributed by atoms with Crippen LogP contribution in [0, 0.1) is 5.82 Å². The zero-order chi connectivity index (χ0) is 19.9. The number of nitrogens with one attached hydrogen (secondary N) is 1. The summed E-state index contributed by atoms with van der Waals surface area (Å²) in [6.45, 7) is 6.57. The SMILES string of the molecule is CCNC(=NCc1cccnc1N(C)C)N1CCN(c2ccccc2F)CC1. The number of aliphatic imine (C=N–C) groups is 1. The van der Waals surface area contributed by atoms with E-state index in [1.54, 1.807) is 12.3 Å². The zero-order valence-corrected chi connectivity index (χ0v) is 16.9. The number of hydrogen-bond acceptors (Lipinski definition) is 4. The van der Waals surface area contributed by atoms with Gasteiger partial charge in [0.2, 0.25) is 0 Å². The van der Waals surface area contributed by atoms with E-state index in [2.05, 4.69) is 33.1 Å². The van der Waals surface area contributed by atoms with Crippen LogP contribution in [0.15, 0.2) is 47.6 Å². The van der Waals surface area contributed by atoms with Crippen LogP contribution in [0.2, 0.25) is 0 Å². The number of pyridine rings is 1. The first kappa shape index (κ1) is 19.9. The topological polar surface area (TPSA) is 47.0 Å². The van der Waals surface area contributed by atoms with Gasteiger partial charge in [0.1, 0.15) is 11.6 Å². The van der Waals surface area contributed by atoms with Gasteiger partial charge in [-0.1, -0.05) is 18.2 Å². The molecule has 7 heteroatoms. The predicted octanol–water partition coefficient (Wildman–Crippen LogP) is 2.57. The molecule has 150 valence electrons. The number of aromatic nitrogens is 1. The van der Waals surface area contributed by atoms with Crippen molar-refractivity contribution in [1.82, 2.24) is 15.2 Å². The number of hydrogen-bond donors (Lipinski definition) is 1. The molecule has 28 heavy (non-hydrogen) atoms. The van der Waals surface area contributed by atoms with Crippen LogP contribution in [0.25, 0.3) is 0 Å². The van der Waals surface area contributed by atoms with Crippen molar-refractivity contribution in [2.75, 3.05) is 56.6 Å². The summed E-state index contributed by atoms with van der Waals surface area (Å²) in [5, 5.41) is 3.39. The minimum absolute atomic E-state index is 0.163. The fraction of sp³-hybridized carbons (Fsp3) is 0.429. The summed E-state index contributed by atoms with van der Waals surface area (Å²) in [6.07, 6.45) is 1.80. The summed E-state index contributed by atoms with van der Waals surface area (Å²) in [6, 6.07) is 11.0. The van der Waals surface area contributed by atoms with E-state index < -0.39 is 0 Å². The van der Waals surface area contributed by atoms with Gasteiger partial charge in [-0.15, -0.1) is 0 Å². The average Bonchev–Trinajstić information content (AvgIpc) is 2.72. The molecule has 0 saturated carbocycles. The fourth-order valence-corrected chi connectivity index (χ4v) is 3.41. The summed E-state index contributed by atoms with van der Waals surface area (Å²) < 4.78 is 14.1. The normalized spacial score (nSPS) is 14.9. The van der Waals surface area contributed by atoms with Crippen molar-refractivity contribution < 1.29 is 4.39 Å². The Morgan fingerprint density at radius 1 is 1.14 bits per heavy atom.